The van der Waals surface area contributed by atoms with Crippen molar-refractivity contribution in [2.75, 3.05) is 5.32 Å². The molecule has 1 N–H and O–H groups in total. The number of nitrogens with zero attached hydrogens (tertiary/aromatic N) is 1. The van der Waals surface area contributed by atoms with E-state index < -0.39 is 12.3 Å². The van der Waals surface area contributed by atoms with E-state index in [0.717, 1.165) is 5.39 Å². The quantitative estimate of drug-likeness (QED) is 0.847. The molecule has 2 aromatic rings. The van der Waals surface area contributed by atoms with Crippen LogP contribution in [-0.2, 0) is 4.79 Å². The van der Waals surface area contributed by atoms with E-state index in [0.29, 0.717) is 11.1 Å². The molecule has 1 heterocycles. The Kier molecular flexibility index (Phi) is 2.76. The Morgan fingerprint density at radius 1 is 1.31 bits per heavy atom. The Morgan fingerprint density at radius 3 is 2.88 bits per heavy atom. The van der Waals surface area contributed by atoms with Crippen LogP contribution in [0, 0.1) is 0 Å². The molecule has 2 rings (SSSR count). The third-order valence-corrected chi connectivity index (χ3v) is 2.14. The number of hydrogen-bond donors (Lipinski definition) is 1. The van der Waals surface area contributed by atoms with Crippen molar-refractivity contribution in [2.45, 2.75) is 6.43 Å². The van der Waals surface area contributed by atoms with Crippen LogP contribution in [0.25, 0.3) is 10.8 Å². The predicted molar refractivity (Wildman–Crippen MR) is 56.4 cm³/mol. The number of pyridine rings is 1. The van der Waals surface area contributed by atoms with Crippen molar-refractivity contribution >= 4 is 22.4 Å². The van der Waals surface area contributed by atoms with Gasteiger partial charge in [0.15, 0.2) is 0 Å². The summed E-state index contributed by atoms with van der Waals surface area (Å²) in [6, 6.07) is 6.80. The van der Waals surface area contributed by atoms with Crippen LogP contribution in [0.3, 0.4) is 0 Å². The highest BCUT2D eigenvalue weighted by Gasteiger charge is 2.15. The van der Waals surface area contributed by atoms with Gasteiger partial charge in [0, 0.05) is 17.8 Å². The summed E-state index contributed by atoms with van der Waals surface area (Å²) in [5.41, 5.74) is 0.343. The fraction of sp³-hybridized carbons (Fsp3) is 0.0909. The van der Waals surface area contributed by atoms with Crippen molar-refractivity contribution in [3.63, 3.8) is 0 Å². The second kappa shape index (κ2) is 4.22. The van der Waals surface area contributed by atoms with Crippen LogP contribution < -0.4 is 5.32 Å². The average Bonchev–Trinajstić information content (AvgIpc) is 2.29. The van der Waals surface area contributed by atoms with Crippen LogP contribution in [0.4, 0.5) is 14.5 Å². The molecule has 0 aliphatic carbocycles. The van der Waals surface area contributed by atoms with Gasteiger partial charge in [0.2, 0.25) is 0 Å². The molecular formula is C11H8F2N2O. The Labute approximate surface area is 90.1 Å². The van der Waals surface area contributed by atoms with Crippen molar-refractivity contribution in [3.8, 4) is 0 Å². The largest absolute Gasteiger partial charge is 0.320 e. The number of carbonyl (C=O) groups is 1. The lowest BCUT2D eigenvalue weighted by molar-refractivity contribution is -0.126. The van der Waals surface area contributed by atoms with E-state index >= 15 is 0 Å². The molecule has 0 unspecified atom stereocenters. The molecule has 0 bridgehead atoms. The molecule has 1 aromatic carbocycles. The van der Waals surface area contributed by atoms with E-state index in [1.54, 1.807) is 24.4 Å². The highest BCUT2D eigenvalue weighted by atomic mass is 19.3. The van der Waals surface area contributed by atoms with Gasteiger partial charge in [-0.05, 0) is 17.5 Å². The number of aromatic nitrogens is 1. The van der Waals surface area contributed by atoms with Crippen LogP contribution in [0.1, 0.15) is 0 Å². The van der Waals surface area contributed by atoms with E-state index in [1.807, 2.05) is 6.07 Å². The minimum absolute atomic E-state index is 0.343. The maximum absolute atomic E-state index is 12.1. The number of benzene rings is 1. The number of halogens is 2. The Bertz CT molecular complexity index is 523. The molecule has 0 spiro atoms. The van der Waals surface area contributed by atoms with Gasteiger partial charge in [-0.15, -0.1) is 0 Å². The molecule has 0 saturated carbocycles. The maximum Gasteiger partial charge on any atom is 0.315 e. The molecule has 0 fully saturated rings. The van der Waals surface area contributed by atoms with Gasteiger partial charge in [-0.1, -0.05) is 12.1 Å². The second-order valence-electron chi connectivity index (χ2n) is 3.19. The fourth-order valence-electron chi connectivity index (χ4n) is 1.41. The molecule has 1 aromatic heterocycles. The van der Waals surface area contributed by atoms with Crippen molar-refractivity contribution in [1.29, 1.82) is 0 Å². The summed E-state index contributed by atoms with van der Waals surface area (Å²) in [6.45, 7) is 0. The standard InChI is InChI=1S/C11H8F2N2O/c12-10(13)11(16)15-9-3-1-2-7-4-5-14-6-8(7)9/h1-6,10H,(H,15,16). The number of hydrogen-bond acceptors (Lipinski definition) is 2. The van der Waals surface area contributed by atoms with Crippen LogP contribution in [-0.4, -0.2) is 17.3 Å². The van der Waals surface area contributed by atoms with Crippen LogP contribution in [0.2, 0.25) is 0 Å². The molecule has 0 atom stereocenters. The molecule has 3 nitrogen and oxygen atoms in total. The number of rotatable bonds is 2. The second-order valence-corrected chi connectivity index (χ2v) is 3.19. The van der Waals surface area contributed by atoms with Crippen molar-refractivity contribution < 1.29 is 13.6 Å². The molecular weight excluding hydrogens is 214 g/mol. The first-order chi connectivity index (χ1) is 7.68. The SMILES string of the molecule is O=C(Nc1cccc2ccncc12)C(F)F. The van der Waals surface area contributed by atoms with Gasteiger partial charge in [-0.3, -0.25) is 9.78 Å². The van der Waals surface area contributed by atoms with Crippen LogP contribution in [0.5, 0.6) is 0 Å². The lowest BCUT2D eigenvalue weighted by atomic mass is 10.1. The maximum atomic E-state index is 12.1. The van der Waals surface area contributed by atoms with Gasteiger partial charge in [-0.2, -0.15) is 8.78 Å². The molecule has 0 radical (unpaired) electrons. The number of carbonyl (C=O) groups excluding carboxylic acids is 1. The fourth-order valence-corrected chi connectivity index (χ4v) is 1.41. The Balaban J connectivity index is 2.41. The highest BCUT2D eigenvalue weighted by molar-refractivity contribution is 6.02. The lowest BCUT2D eigenvalue weighted by Crippen LogP contribution is -2.20. The van der Waals surface area contributed by atoms with Crippen molar-refractivity contribution in [2.24, 2.45) is 0 Å². The van der Waals surface area contributed by atoms with Gasteiger partial charge in [0.1, 0.15) is 0 Å². The number of nitrogens with one attached hydrogen (secondary N) is 1. The van der Waals surface area contributed by atoms with E-state index in [2.05, 4.69) is 10.3 Å². The van der Waals surface area contributed by atoms with Gasteiger partial charge < -0.3 is 5.32 Å². The number of anilines is 1. The third kappa shape index (κ3) is 1.98. The normalized spacial score (nSPS) is 10.7. The number of amides is 1. The molecule has 82 valence electrons. The molecule has 16 heavy (non-hydrogen) atoms. The van der Waals surface area contributed by atoms with E-state index in [9.17, 15) is 13.6 Å². The summed E-state index contributed by atoms with van der Waals surface area (Å²) >= 11 is 0. The molecule has 0 saturated heterocycles. The highest BCUT2D eigenvalue weighted by Crippen LogP contribution is 2.22. The summed E-state index contributed by atoms with van der Waals surface area (Å²) < 4.78 is 24.2. The number of fused-ring (bicyclic) bond motifs is 1. The molecule has 0 aliphatic rings. The summed E-state index contributed by atoms with van der Waals surface area (Å²) in [5.74, 6) is -1.31. The Hall–Kier alpha value is -2.04. The number of alkyl halides is 2. The molecule has 0 aliphatic heterocycles. The van der Waals surface area contributed by atoms with Crippen molar-refractivity contribution in [1.82, 2.24) is 4.98 Å². The van der Waals surface area contributed by atoms with Gasteiger partial charge in [0.25, 0.3) is 5.91 Å². The van der Waals surface area contributed by atoms with E-state index in [4.69, 9.17) is 0 Å². The zero-order valence-corrected chi connectivity index (χ0v) is 8.15. The zero-order chi connectivity index (χ0) is 11.5. The topological polar surface area (TPSA) is 42.0 Å². The van der Waals surface area contributed by atoms with E-state index in [-0.39, 0.29) is 0 Å². The summed E-state index contributed by atoms with van der Waals surface area (Å²) in [4.78, 5) is 14.8. The monoisotopic (exact) mass is 222 g/mol. The zero-order valence-electron chi connectivity index (χ0n) is 8.15. The van der Waals surface area contributed by atoms with Gasteiger partial charge >= 0.3 is 6.43 Å². The minimum atomic E-state index is -3.02. The first-order valence-corrected chi connectivity index (χ1v) is 4.60. The average molecular weight is 222 g/mol. The van der Waals surface area contributed by atoms with Crippen LogP contribution >= 0.6 is 0 Å². The predicted octanol–water partition coefficient (Wildman–Crippen LogP) is 2.44. The first kappa shape index (κ1) is 10.5. The third-order valence-electron chi connectivity index (χ3n) is 2.14. The lowest BCUT2D eigenvalue weighted by Gasteiger charge is -2.07. The van der Waals surface area contributed by atoms with Gasteiger partial charge in [-0.25, -0.2) is 0 Å². The van der Waals surface area contributed by atoms with Crippen molar-refractivity contribution in [3.05, 3.63) is 36.7 Å². The summed E-state index contributed by atoms with van der Waals surface area (Å²) in [7, 11) is 0. The first-order valence-electron chi connectivity index (χ1n) is 4.60. The Morgan fingerprint density at radius 2 is 2.12 bits per heavy atom. The smallest absolute Gasteiger partial charge is 0.315 e. The van der Waals surface area contributed by atoms with Gasteiger partial charge in [0.05, 0.1) is 5.69 Å². The summed E-state index contributed by atoms with van der Waals surface area (Å²) in [5, 5.41) is 3.63. The molecule has 1 amide bonds. The minimum Gasteiger partial charge on any atom is -0.320 e. The summed E-state index contributed by atoms with van der Waals surface area (Å²) in [6.07, 6.45) is 0.101. The van der Waals surface area contributed by atoms with Crippen LogP contribution in [0.15, 0.2) is 36.7 Å². The molecule has 5 heteroatoms. The van der Waals surface area contributed by atoms with E-state index in [1.165, 1.54) is 6.20 Å².